The number of hydrogen-bond acceptors (Lipinski definition) is 5. The molecule has 6 heteroatoms. The van der Waals surface area contributed by atoms with E-state index in [0.29, 0.717) is 5.92 Å². The molecule has 2 aliphatic rings. The Bertz CT molecular complexity index is 348. The average Bonchev–Trinajstić information content (AvgIpc) is 2.51. The number of rotatable bonds is 3. The first-order valence-corrected chi connectivity index (χ1v) is 8.08. The van der Waals surface area contributed by atoms with Crippen molar-refractivity contribution in [3.63, 3.8) is 0 Å². The molecule has 1 aliphatic carbocycles. The highest BCUT2D eigenvalue weighted by molar-refractivity contribution is 7.91. The third-order valence-electron chi connectivity index (χ3n) is 3.81. The smallest absolute Gasteiger partial charge is 0.154 e. The molecule has 0 amide bonds. The highest BCUT2D eigenvalue weighted by Gasteiger charge is 2.36. The van der Waals surface area contributed by atoms with E-state index in [1.165, 1.54) is 0 Å². The van der Waals surface area contributed by atoms with Crippen molar-refractivity contribution in [2.75, 3.05) is 18.1 Å². The maximum Gasteiger partial charge on any atom is 0.154 e. The molecule has 1 saturated heterocycles. The monoisotopic (exact) mass is 263 g/mol. The van der Waals surface area contributed by atoms with Crippen LogP contribution in [0.2, 0.25) is 0 Å². The summed E-state index contributed by atoms with van der Waals surface area (Å²) in [7, 11) is -3.06. The van der Waals surface area contributed by atoms with Gasteiger partial charge in [-0.15, -0.1) is 0 Å². The van der Waals surface area contributed by atoms with Crippen molar-refractivity contribution in [3.05, 3.63) is 0 Å². The number of aliphatic hydroxyl groups is 2. The van der Waals surface area contributed by atoms with Gasteiger partial charge in [-0.05, 0) is 38.1 Å². The zero-order valence-electron chi connectivity index (χ0n) is 9.88. The summed E-state index contributed by atoms with van der Waals surface area (Å²) in [5.41, 5.74) is 0. The van der Waals surface area contributed by atoms with Crippen LogP contribution in [0.5, 0.6) is 0 Å². The van der Waals surface area contributed by atoms with Gasteiger partial charge in [-0.3, -0.25) is 0 Å². The minimum Gasteiger partial charge on any atom is -0.393 e. The minimum atomic E-state index is -3.06. The lowest BCUT2D eigenvalue weighted by molar-refractivity contribution is 0.104. The summed E-state index contributed by atoms with van der Waals surface area (Å²) in [5, 5.41) is 22.2. The molecule has 1 aliphatic heterocycles. The minimum absolute atomic E-state index is 0.0452. The molecule has 0 radical (unpaired) electrons. The van der Waals surface area contributed by atoms with E-state index in [1.807, 2.05) is 0 Å². The van der Waals surface area contributed by atoms with Crippen LogP contribution in [0.15, 0.2) is 0 Å². The van der Waals surface area contributed by atoms with Gasteiger partial charge >= 0.3 is 0 Å². The quantitative estimate of drug-likeness (QED) is 0.626. The van der Waals surface area contributed by atoms with Crippen molar-refractivity contribution in [3.8, 4) is 0 Å². The van der Waals surface area contributed by atoms with E-state index >= 15 is 0 Å². The molecule has 100 valence electrons. The van der Waals surface area contributed by atoms with Crippen molar-refractivity contribution in [2.45, 2.75) is 43.9 Å². The van der Waals surface area contributed by atoms with E-state index in [1.54, 1.807) is 0 Å². The Hall–Kier alpha value is -0.170. The molecule has 0 aromatic heterocycles. The van der Waals surface area contributed by atoms with Crippen molar-refractivity contribution in [2.24, 2.45) is 5.92 Å². The van der Waals surface area contributed by atoms with Crippen LogP contribution in [0, 0.1) is 5.92 Å². The Morgan fingerprint density at radius 2 is 1.71 bits per heavy atom. The lowest BCUT2D eigenvalue weighted by Crippen LogP contribution is -2.42. The zero-order valence-corrected chi connectivity index (χ0v) is 10.7. The number of hydrogen-bond donors (Lipinski definition) is 3. The second kappa shape index (κ2) is 5.22. The van der Waals surface area contributed by atoms with Gasteiger partial charge < -0.3 is 15.5 Å². The van der Waals surface area contributed by atoms with E-state index < -0.39 is 15.9 Å². The van der Waals surface area contributed by atoms with E-state index in [4.69, 9.17) is 0 Å². The fraction of sp³-hybridized carbons (Fsp3) is 1.00. The predicted octanol–water partition coefficient (Wildman–Crippen LogP) is -0.715. The van der Waals surface area contributed by atoms with Gasteiger partial charge in [0.1, 0.15) is 0 Å². The van der Waals surface area contributed by atoms with Gasteiger partial charge in [-0.25, -0.2) is 8.42 Å². The summed E-state index contributed by atoms with van der Waals surface area (Å²) in [5.74, 6) is 0.422. The Kier molecular flexibility index (Phi) is 4.07. The van der Waals surface area contributed by atoms with E-state index in [2.05, 4.69) is 5.32 Å². The maximum atomic E-state index is 11.3. The van der Waals surface area contributed by atoms with Crippen molar-refractivity contribution in [1.29, 1.82) is 0 Å². The van der Waals surface area contributed by atoms with Gasteiger partial charge in [-0.1, -0.05) is 0 Å². The fourth-order valence-electron chi connectivity index (χ4n) is 2.69. The zero-order chi connectivity index (χ0) is 12.5. The van der Waals surface area contributed by atoms with Gasteiger partial charge in [0.05, 0.1) is 23.7 Å². The third-order valence-corrected chi connectivity index (χ3v) is 5.52. The van der Waals surface area contributed by atoms with Gasteiger partial charge in [0, 0.05) is 6.04 Å². The Labute approximate surface area is 102 Å². The molecule has 0 aromatic rings. The second-order valence-corrected chi connectivity index (χ2v) is 7.49. The SMILES string of the molecule is O=S1(=O)CC(O)C(NCC2CCC(O)CC2)C1. The molecule has 0 bridgehead atoms. The summed E-state index contributed by atoms with van der Waals surface area (Å²) in [6, 6.07) is -0.313. The highest BCUT2D eigenvalue weighted by Crippen LogP contribution is 2.24. The number of aliphatic hydroxyl groups excluding tert-OH is 2. The Balaban J connectivity index is 1.75. The van der Waals surface area contributed by atoms with Gasteiger partial charge in [-0.2, -0.15) is 0 Å². The molecule has 2 atom stereocenters. The van der Waals surface area contributed by atoms with E-state index in [-0.39, 0.29) is 23.7 Å². The van der Waals surface area contributed by atoms with Crippen molar-refractivity contribution >= 4 is 9.84 Å². The molecule has 1 saturated carbocycles. The first kappa shape index (κ1) is 13.3. The average molecular weight is 263 g/mol. The Morgan fingerprint density at radius 1 is 1.06 bits per heavy atom. The summed E-state index contributed by atoms with van der Waals surface area (Å²) in [6.45, 7) is 0.740. The molecule has 0 aromatic carbocycles. The van der Waals surface area contributed by atoms with Crippen LogP contribution in [0.1, 0.15) is 25.7 Å². The van der Waals surface area contributed by atoms with Crippen LogP contribution < -0.4 is 5.32 Å². The molecular formula is C11H21NO4S. The van der Waals surface area contributed by atoms with Gasteiger partial charge in [0.25, 0.3) is 0 Å². The van der Waals surface area contributed by atoms with Gasteiger partial charge in [0.2, 0.25) is 0 Å². The second-order valence-electron chi connectivity index (χ2n) is 5.33. The van der Waals surface area contributed by atoms with Gasteiger partial charge in [0.15, 0.2) is 9.84 Å². The molecular weight excluding hydrogens is 242 g/mol. The first-order chi connectivity index (χ1) is 7.96. The molecule has 0 spiro atoms. The largest absolute Gasteiger partial charge is 0.393 e. The first-order valence-electron chi connectivity index (χ1n) is 6.26. The molecule has 1 heterocycles. The molecule has 3 N–H and O–H groups in total. The van der Waals surface area contributed by atoms with E-state index in [9.17, 15) is 18.6 Å². The predicted molar refractivity (Wildman–Crippen MR) is 64.4 cm³/mol. The van der Waals surface area contributed by atoms with Crippen LogP contribution in [0.3, 0.4) is 0 Å². The summed E-state index contributed by atoms with van der Waals surface area (Å²) in [6.07, 6.45) is 2.68. The standard InChI is InChI=1S/C11H21NO4S/c13-9-3-1-8(2-4-9)5-12-10-6-17(15,16)7-11(10)14/h8-14H,1-7H2. The van der Waals surface area contributed by atoms with Crippen LogP contribution in [-0.4, -0.2) is 54.9 Å². The topological polar surface area (TPSA) is 86.6 Å². The molecule has 5 nitrogen and oxygen atoms in total. The lowest BCUT2D eigenvalue weighted by atomic mass is 9.87. The molecule has 2 rings (SSSR count). The van der Waals surface area contributed by atoms with Crippen LogP contribution in [-0.2, 0) is 9.84 Å². The fourth-order valence-corrected chi connectivity index (χ4v) is 4.47. The summed E-state index contributed by atoms with van der Waals surface area (Å²) < 4.78 is 22.6. The van der Waals surface area contributed by atoms with Crippen LogP contribution >= 0.6 is 0 Å². The molecule has 17 heavy (non-hydrogen) atoms. The number of nitrogens with one attached hydrogen (secondary N) is 1. The highest BCUT2D eigenvalue weighted by atomic mass is 32.2. The van der Waals surface area contributed by atoms with Crippen LogP contribution in [0.4, 0.5) is 0 Å². The molecule has 2 unspecified atom stereocenters. The van der Waals surface area contributed by atoms with E-state index in [0.717, 1.165) is 32.2 Å². The third kappa shape index (κ3) is 3.64. The summed E-state index contributed by atoms with van der Waals surface area (Å²) >= 11 is 0. The molecule has 2 fully saturated rings. The lowest BCUT2D eigenvalue weighted by Gasteiger charge is -2.27. The maximum absolute atomic E-state index is 11.3. The number of sulfone groups is 1. The normalized spacial score (nSPS) is 41.5. The van der Waals surface area contributed by atoms with Crippen LogP contribution in [0.25, 0.3) is 0 Å². The summed E-state index contributed by atoms with van der Waals surface area (Å²) in [4.78, 5) is 0. The Morgan fingerprint density at radius 3 is 2.24 bits per heavy atom. The van der Waals surface area contributed by atoms with Crippen molar-refractivity contribution < 1.29 is 18.6 Å². The van der Waals surface area contributed by atoms with Crippen molar-refractivity contribution in [1.82, 2.24) is 5.32 Å².